The summed E-state index contributed by atoms with van der Waals surface area (Å²) in [5.41, 5.74) is 11.9. The molecule has 0 aromatic rings. The van der Waals surface area contributed by atoms with Crippen molar-refractivity contribution in [1.82, 2.24) is 5.32 Å². The van der Waals surface area contributed by atoms with Gasteiger partial charge in [0.2, 0.25) is 0 Å². The van der Waals surface area contributed by atoms with Gasteiger partial charge < -0.3 is 81.3 Å². The van der Waals surface area contributed by atoms with E-state index in [0.29, 0.717) is 0 Å². The maximum Gasteiger partial charge on any atom is 0.189 e. The van der Waals surface area contributed by atoms with E-state index in [-0.39, 0.29) is 12.8 Å². The average molecular weight is 542 g/mol. The van der Waals surface area contributed by atoms with Crippen molar-refractivity contribution < 1.29 is 64.5 Å². The van der Waals surface area contributed by atoms with Gasteiger partial charge in [0.15, 0.2) is 18.9 Å². The highest BCUT2D eigenvalue weighted by molar-refractivity contribution is 5.01. The van der Waals surface area contributed by atoms with Crippen molar-refractivity contribution >= 4 is 0 Å². The lowest BCUT2D eigenvalue weighted by Gasteiger charge is -2.51. The van der Waals surface area contributed by atoms with E-state index < -0.39 is 111 Å². The van der Waals surface area contributed by atoms with Crippen LogP contribution in [0.3, 0.4) is 0 Å². The van der Waals surface area contributed by atoms with Crippen LogP contribution in [0.1, 0.15) is 12.8 Å². The van der Waals surface area contributed by atoms with Crippen LogP contribution >= 0.6 is 0 Å². The van der Waals surface area contributed by atoms with Crippen molar-refractivity contribution in [1.29, 1.82) is 0 Å². The number of fused-ring (bicyclic) bond motifs is 1. The number of hydrogen-bond acceptors (Lipinski definition) is 16. The second kappa shape index (κ2) is 11.8. The fraction of sp³-hybridized carbons (Fsp3) is 1.00. The molecule has 37 heavy (non-hydrogen) atoms. The first-order valence-corrected chi connectivity index (χ1v) is 12.3. The van der Waals surface area contributed by atoms with Gasteiger partial charge in [-0.25, -0.2) is 0 Å². The predicted molar refractivity (Wildman–Crippen MR) is 119 cm³/mol. The Balaban J connectivity index is 1.43. The highest BCUT2D eigenvalue weighted by Gasteiger charge is 2.54. The summed E-state index contributed by atoms with van der Waals surface area (Å²) in [6.45, 7) is -0.642. The standard InChI is InChI=1S/C21H39N3O13/c1-24-10-13(29)18-8(33-20(10)37-21-16(32)14(30)12(28)9(4-25)34-21)3-6(23)19(36-18)35-17-7(26)2-5(22)11(27)15(17)31/h5-21,24-32H,2-4,22-23H2,1H3. The fourth-order valence-corrected chi connectivity index (χ4v) is 5.33. The van der Waals surface area contributed by atoms with Gasteiger partial charge in [0.25, 0.3) is 0 Å². The molecule has 216 valence electrons. The van der Waals surface area contributed by atoms with Crippen LogP contribution < -0.4 is 16.8 Å². The zero-order valence-corrected chi connectivity index (χ0v) is 20.2. The minimum atomic E-state index is -1.67. The van der Waals surface area contributed by atoms with Crippen LogP contribution in [0.15, 0.2) is 0 Å². The van der Waals surface area contributed by atoms with Crippen LogP contribution in [-0.4, -0.2) is 159 Å². The monoisotopic (exact) mass is 541 g/mol. The topological polar surface area (TPSA) is 272 Å². The fourth-order valence-electron chi connectivity index (χ4n) is 5.33. The van der Waals surface area contributed by atoms with Gasteiger partial charge in [0.1, 0.15) is 48.8 Å². The highest BCUT2D eigenvalue weighted by Crippen LogP contribution is 2.35. The summed E-state index contributed by atoms with van der Waals surface area (Å²) < 4.78 is 28.7. The molecule has 0 radical (unpaired) electrons. The Labute approximate surface area is 212 Å². The first-order chi connectivity index (χ1) is 17.5. The van der Waals surface area contributed by atoms with Gasteiger partial charge >= 0.3 is 0 Å². The Morgan fingerprint density at radius 1 is 0.730 bits per heavy atom. The van der Waals surface area contributed by atoms with Crippen molar-refractivity contribution in [3.63, 3.8) is 0 Å². The summed E-state index contributed by atoms with van der Waals surface area (Å²) in [7, 11) is 1.52. The lowest BCUT2D eigenvalue weighted by atomic mass is 9.85. The summed E-state index contributed by atoms with van der Waals surface area (Å²) in [6, 6.07) is -2.60. The summed E-state index contributed by atoms with van der Waals surface area (Å²) in [4.78, 5) is 0. The molecule has 13 N–H and O–H groups in total. The third-order valence-electron chi connectivity index (χ3n) is 7.58. The second-order valence-electron chi connectivity index (χ2n) is 10.1. The quantitative estimate of drug-likeness (QED) is 0.149. The Hall–Kier alpha value is -0.640. The number of aliphatic hydroxyl groups is 8. The lowest BCUT2D eigenvalue weighted by Crippen LogP contribution is -2.69. The Morgan fingerprint density at radius 3 is 2.08 bits per heavy atom. The van der Waals surface area contributed by atoms with Gasteiger partial charge in [-0.15, -0.1) is 0 Å². The third kappa shape index (κ3) is 5.66. The minimum absolute atomic E-state index is 0.0125. The number of aliphatic hydroxyl groups excluding tert-OH is 8. The van der Waals surface area contributed by atoms with Gasteiger partial charge in [-0.2, -0.15) is 0 Å². The van der Waals surface area contributed by atoms with E-state index in [1.807, 2.05) is 0 Å². The van der Waals surface area contributed by atoms with E-state index in [9.17, 15) is 40.9 Å². The third-order valence-corrected chi connectivity index (χ3v) is 7.58. The summed E-state index contributed by atoms with van der Waals surface area (Å²) >= 11 is 0. The van der Waals surface area contributed by atoms with Crippen LogP contribution in [0.5, 0.6) is 0 Å². The Bertz CT molecular complexity index is 752. The van der Waals surface area contributed by atoms with E-state index >= 15 is 0 Å². The maximum absolute atomic E-state index is 11.1. The van der Waals surface area contributed by atoms with Crippen molar-refractivity contribution in [2.24, 2.45) is 11.5 Å². The molecule has 0 bridgehead atoms. The molecule has 4 fully saturated rings. The molecule has 0 amide bonds. The van der Waals surface area contributed by atoms with Gasteiger partial charge in [0.05, 0.1) is 37.0 Å². The van der Waals surface area contributed by atoms with Crippen LogP contribution in [0, 0.1) is 0 Å². The number of likely N-dealkylation sites (N-methyl/N-ethyl adjacent to an activating group) is 1. The van der Waals surface area contributed by atoms with E-state index in [2.05, 4.69) is 5.32 Å². The van der Waals surface area contributed by atoms with E-state index in [1.165, 1.54) is 7.05 Å². The zero-order chi connectivity index (χ0) is 27.2. The SMILES string of the molecule is CNC1C(OC2OC(CO)C(O)C(O)C2O)OC2CC(N)C(OC3C(O)CC(N)C(O)C3O)OC2C1O. The first kappa shape index (κ1) is 29.3. The van der Waals surface area contributed by atoms with Crippen molar-refractivity contribution in [3.8, 4) is 0 Å². The van der Waals surface area contributed by atoms with Gasteiger partial charge in [-0.05, 0) is 19.9 Å². The highest BCUT2D eigenvalue weighted by atomic mass is 16.8. The number of nitrogens with one attached hydrogen (secondary N) is 1. The summed E-state index contributed by atoms with van der Waals surface area (Å²) in [5.74, 6) is 0. The Morgan fingerprint density at radius 2 is 1.43 bits per heavy atom. The molecule has 0 aromatic heterocycles. The largest absolute Gasteiger partial charge is 0.394 e. The van der Waals surface area contributed by atoms with Gasteiger partial charge in [-0.1, -0.05) is 0 Å². The van der Waals surface area contributed by atoms with Crippen molar-refractivity contribution in [2.75, 3.05) is 13.7 Å². The molecule has 3 aliphatic heterocycles. The summed E-state index contributed by atoms with van der Waals surface area (Å²) in [5, 5.41) is 84.4. The molecule has 16 heteroatoms. The molecule has 4 aliphatic rings. The molecule has 17 unspecified atom stereocenters. The minimum Gasteiger partial charge on any atom is -0.394 e. The molecule has 0 aromatic carbocycles. The molecule has 1 saturated carbocycles. The van der Waals surface area contributed by atoms with Crippen LogP contribution in [0.25, 0.3) is 0 Å². The van der Waals surface area contributed by atoms with Crippen molar-refractivity contribution in [3.05, 3.63) is 0 Å². The maximum atomic E-state index is 11.1. The molecule has 17 atom stereocenters. The molecule has 1 aliphatic carbocycles. The molecular weight excluding hydrogens is 502 g/mol. The zero-order valence-electron chi connectivity index (χ0n) is 20.2. The van der Waals surface area contributed by atoms with Crippen molar-refractivity contribution in [2.45, 2.75) is 117 Å². The van der Waals surface area contributed by atoms with Crippen LogP contribution in [0.2, 0.25) is 0 Å². The average Bonchev–Trinajstić information content (AvgIpc) is 2.86. The molecular formula is C21H39N3O13. The van der Waals surface area contributed by atoms with E-state index in [1.54, 1.807) is 0 Å². The molecule has 0 spiro atoms. The number of ether oxygens (including phenoxy) is 5. The molecule has 3 saturated heterocycles. The van der Waals surface area contributed by atoms with E-state index in [0.717, 1.165) is 0 Å². The normalized spacial score (nSPS) is 55.1. The van der Waals surface area contributed by atoms with Crippen LogP contribution in [-0.2, 0) is 23.7 Å². The summed E-state index contributed by atoms with van der Waals surface area (Å²) in [6.07, 6.45) is -18.2. The van der Waals surface area contributed by atoms with E-state index in [4.69, 9.17) is 35.2 Å². The predicted octanol–water partition coefficient (Wildman–Crippen LogP) is -6.88. The smallest absolute Gasteiger partial charge is 0.189 e. The molecule has 4 rings (SSSR count). The molecule has 16 nitrogen and oxygen atoms in total. The first-order valence-electron chi connectivity index (χ1n) is 12.3. The Kier molecular flexibility index (Phi) is 9.40. The molecule has 3 heterocycles. The number of rotatable bonds is 6. The second-order valence-corrected chi connectivity index (χ2v) is 10.1. The van der Waals surface area contributed by atoms with Crippen LogP contribution in [0.4, 0.5) is 0 Å². The van der Waals surface area contributed by atoms with Gasteiger partial charge in [-0.3, -0.25) is 0 Å². The van der Waals surface area contributed by atoms with Gasteiger partial charge in [0, 0.05) is 6.04 Å². The number of hydrogen-bond donors (Lipinski definition) is 11. The number of nitrogens with two attached hydrogens (primary N) is 2. The lowest BCUT2D eigenvalue weighted by molar-refractivity contribution is -0.379.